The molecule has 2 N–H and O–H groups in total. The monoisotopic (exact) mass is 212 g/mol. The Morgan fingerprint density at radius 3 is 3.21 bits per heavy atom. The minimum absolute atomic E-state index is 0.0472. The van der Waals surface area contributed by atoms with E-state index < -0.39 is 0 Å². The number of rotatable bonds is 3. The van der Waals surface area contributed by atoms with Gasteiger partial charge in [0.15, 0.2) is 0 Å². The molecule has 3 nitrogen and oxygen atoms in total. The number of carbonyl (C=O) groups excluding carboxylic acids is 1. The molecule has 1 aliphatic heterocycles. The first-order valence-corrected chi connectivity index (χ1v) is 5.94. The smallest absolute Gasteiger partial charge is 0.238 e. The highest BCUT2D eigenvalue weighted by atomic mass is 32.2. The van der Waals surface area contributed by atoms with Crippen molar-refractivity contribution in [3.8, 4) is 12.3 Å². The topological polar surface area (TPSA) is 41.1 Å². The van der Waals surface area contributed by atoms with E-state index in [0.29, 0.717) is 6.42 Å². The van der Waals surface area contributed by atoms with Crippen LogP contribution in [0.2, 0.25) is 0 Å². The molecule has 1 rings (SSSR count). The lowest BCUT2D eigenvalue weighted by Gasteiger charge is -2.23. The van der Waals surface area contributed by atoms with Crippen LogP contribution in [0.1, 0.15) is 13.3 Å². The minimum Gasteiger partial charge on any atom is -0.351 e. The highest BCUT2D eigenvalue weighted by molar-refractivity contribution is 7.99. The Morgan fingerprint density at radius 1 is 1.86 bits per heavy atom. The first-order valence-electron chi connectivity index (χ1n) is 4.79. The van der Waals surface area contributed by atoms with Gasteiger partial charge in [-0.05, 0) is 6.92 Å². The van der Waals surface area contributed by atoms with E-state index in [4.69, 9.17) is 6.42 Å². The summed E-state index contributed by atoms with van der Waals surface area (Å²) >= 11 is 1.81. The zero-order chi connectivity index (χ0) is 10.4. The second-order valence-corrected chi connectivity index (χ2v) is 4.55. The Bertz CT molecular complexity index is 231. The maximum absolute atomic E-state index is 11.6. The zero-order valence-corrected chi connectivity index (χ0v) is 9.19. The number of nitrogens with one attached hydrogen (secondary N) is 2. The lowest BCUT2D eigenvalue weighted by molar-refractivity contribution is -0.123. The van der Waals surface area contributed by atoms with Crippen LogP contribution in [0.5, 0.6) is 0 Å². The molecule has 0 aromatic heterocycles. The van der Waals surface area contributed by atoms with E-state index in [9.17, 15) is 4.79 Å². The van der Waals surface area contributed by atoms with Crippen LogP contribution in [0, 0.1) is 12.3 Å². The van der Waals surface area contributed by atoms with E-state index in [0.717, 1.165) is 18.1 Å². The Morgan fingerprint density at radius 2 is 2.64 bits per heavy atom. The zero-order valence-electron chi connectivity index (χ0n) is 8.38. The highest BCUT2D eigenvalue weighted by Crippen LogP contribution is 2.07. The molecule has 0 bridgehead atoms. The van der Waals surface area contributed by atoms with Crippen molar-refractivity contribution in [1.82, 2.24) is 10.6 Å². The Labute approximate surface area is 89.4 Å². The van der Waals surface area contributed by atoms with E-state index >= 15 is 0 Å². The van der Waals surface area contributed by atoms with Gasteiger partial charge in [0.1, 0.15) is 0 Å². The van der Waals surface area contributed by atoms with Crippen molar-refractivity contribution in [2.24, 2.45) is 0 Å². The van der Waals surface area contributed by atoms with Crippen molar-refractivity contribution in [3.05, 3.63) is 0 Å². The largest absolute Gasteiger partial charge is 0.351 e. The summed E-state index contributed by atoms with van der Waals surface area (Å²) in [6, 6.07) is 0.0233. The van der Waals surface area contributed by atoms with Crippen LogP contribution in [-0.2, 0) is 4.79 Å². The van der Waals surface area contributed by atoms with Gasteiger partial charge in [-0.15, -0.1) is 12.3 Å². The summed E-state index contributed by atoms with van der Waals surface area (Å²) in [7, 11) is 0. The standard InChI is InChI=1S/C10H16N2OS/c1-3-4-8(2)12-10(13)9-7-14-6-5-11-9/h1,8-9,11H,4-7H2,2H3,(H,12,13). The lowest BCUT2D eigenvalue weighted by Crippen LogP contribution is -2.50. The summed E-state index contributed by atoms with van der Waals surface area (Å²) in [5.74, 6) is 4.55. The van der Waals surface area contributed by atoms with Crippen LogP contribution >= 0.6 is 11.8 Å². The van der Waals surface area contributed by atoms with Gasteiger partial charge in [0.25, 0.3) is 0 Å². The third kappa shape index (κ3) is 3.60. The van der Waals surface area contributed by atoms with E-state index in [1.54, 1.807) is 0 Å². The summed E-state index contributed by atoms with van der Waals surface area (Å²) in [5, 5.41) is 6.08. The van der Waals surface area contributed by atoms with Crippen LogP contribution in [0.3, 0.4) is 0 Å². The van der Waals surface area contributed by atoms with Gasteiger partial charge in [-0.3, -0.25) is 4.79 Å². The molecule has 0 spiro atoms. The van der Waals surface area contributed by atoms with Crippen molar-refractivity contribution < 1.29 is 4.79 Å². The van der Waals surface area contributed by atoms with Crippen molar-refractivity contribution >= 4 is 17.7 Å². The van der Waals surface area contributed by atoms with Crippen LogP contribution < -0.4 is 10.6 Å². The fourth-order valence-corrected chi connectivity index (χ4v) is 2.24. The van der Waals surface area contributed by atoms with Gasteiger partial charge < -0.3 is 10.6 Å². The van der Waals surface area contributed by atoms with Crippen molar-refractivity contribution in [2.45, 2.75) is 25.4 Å². The molecule has 0 saturated carbocycles. The van der Waals surface area contributed by atoms with Gasteiger partial charge in [-0.25, -0.2) is 0 Å². The fourth-order valence-electron chi connectivity index (χ4n) is 1.31. The quantitative estimate of drug-likeness (QED) is 0.658. The molecule has 1 saturated heterocycles. The molecule has 2 unspecified atom stereocenters. The molecule has 14 heavy (non-hydrogen) atoms. The van der Waals surface area contributed by atoms with Crippen LogP contribution in [0.25, 0.3) is 0 Å². The summed E-state index contributed by atoms with van der Waals surface area (Å²) in [6.45, 7) is 2.83. The molecule has 1 amide bonds. The van der Waals surface area contributed by atoms with Gasteiger partial charge >= 0.3 is 0 Å². The van der Waals surface area contributed by atoms with Gasteiger partial charge in [0.05, 0.1) is 6.04 Å². The van der Waals surface area contributed by atoms with Crippen molar-refractivity contribution in [2.75, 3.05) is 18.1 Å². The van der Waals surface area contributed by atoms with Crippen molar-refractivity contribution in [1.29, 1.82) is 0 Å². The predicted molar refractivity (Wildman–Crippen MR) is 60.2 cm³/mol. The Balaban J connectivity index is 2.30. The molecule has 0 aromatic carbocycles. The average molecular weight is 212 g/mol. The normalized spacial score (nSPS) is 23.6. The van der Waals surface area contributed by atoms with Gasteiger partial charge in [0.2, 0.25) is 5.91 Å². The van der Waals surface area contributed by atoms with E-state index in [2.05, 4.69) is 16.6 Å². The predicted octanol–water partition coefficient (Wildman–Crippen LogP) is 0.219. The maximum Gasteiger partial charge on any atom is 0.238 e. The SMILES string of the molecule is C#CCC(C)NC(=O)C1CSCCN1. The van der Waals surface area contributed by atoms with Crippen molar-refractivity contribution in [3.63, 3.8) is 0 Å². The van der Waals surface area contributed by atoms with Crippen LogP contribution in [0.4, 0.5) is 0 Å². The number of thioether (sulfide) groups is 1. The fraction of sp³-hybridized carbons (Fsp3) is 0.700. The first kappa shape index (κ1) is 11.4. The first-order chi connectivity index (χ1) is 6.74. The molecule has 4 heteroatoms. The van der Waals surface area contributed by atoms with E-state index in [1.165, 1.54) is 0 Å². The lowest BCUT2D eigenvalue weighted by atomic mass is 10.2. The molecule has 2 atom stereocenters. The molecule has 0 radical (unpaired) electrons. The third-order valence-corrected chi connectivity index (χ3v) is 3.11. The maximum atomic E-state index is 11.6. The molecule has 1 aliphatic rings. The molecule has 1 heterocycles. The molecule has 0 aromatic rings. The highest BCUT2D eigenvalue weighted by Gasteiger charge is 2.21. The summed E-state index contributed by atoms with van der Waals surface area (Å²) < 4.78 is 0. The Kier molecular flexibility index (Phi) is 4.85. The molecular formula is C10H16N2OS. The average Bonchev–Trinajstić information content (AvgIpc) is 2.19. The van der Waals surface area contributed by atoms with E-state index in [-0.39, 0.29) is 18.0 Å². The Hall–Kier alpha value is -0.660. The number of carbonyl (C=O) groups is 1. The van der Waals surface area contributed by atoms with Crippen LogP contribution in [0.15, 0.2) is 0 Å². The molecular weight excluding hydrogens is 196 g/mol. The second kappa shape index (κ2) is 5.94. The minimum atomic E-state index is -0.0472. The van der Waals surface area contributed by atoms with Gasteiger partial charge in [-0.1, -0.05) is 0 Å². The van der Waals surface area contributed by atoms with Gasteiger partial charge in [0, 0.05) is 30.5 Å². The summed E-state index contributed by atoms with van der Waals surface area (Å²) in [6.07, 6.45) is 5.75. The molecule has 1 fully saturated rings. The number of hydrogen-bond acceptors (Lipinski definition) is 3. The van der Waals surface area contributed by atoms with Gasteiger partial charge in [-0.2, -0.15) is 11.8 Å². The van der Waals surface area contributed by atoms with Crippen LogP contribution in [-0.4, -0.2) is 36.0 Å². The molecule has 0 aliphatic carbocycles. The number of terminal acetylenes is 1. The summed E-state index contributed by atoms with van der Waals surface area (Å²) in [5.41, 5.74) is 0. The summed E-state index contributed by atoms with van der Waals surface area (Å²) in [4.78, 5) is 11.6. The number of amides is 1. The third-order valence-electron chi connectivity index (χ3n) is 2.05. The number of hydrogen-bond donors (Lipinski definition) is 2. The van der Waals surface area contributed by atoms with E-state index in [1.807, 2.05) is 18.7 Å². The molecule has 78 valence electrons. The second-order valence-electron chi connectivity index (χ2n) is 3.40.